The number of aromatic nitrogens is 2. The number of carbonyl (C=O) groups excluding carboxylic acids is 5. The standard InChI is InChI=1S/C42H48ClN7O7/c1-41(2)39(42(3,4)40(41)57-29-9-8-25(22-44)32(43)21-29)47-35(52)26-23-45-49(24-26)27-14-17-48(18-15-27)16-6-5-7-19-56-28-10-11-30-31(20-28)38(55)50(37(30)54)33-12-13-34(51)46-36(33)53/h8-11,20-21,23-24,27,33,39-40H,5-7,12-19H2,1-4H3,(H,47,52)(H,46,51,53)/t33?,39-,40-. The number of benzene rings is 2. The normalized spacial score (nSPS) is 23.0. The van der Waals surface area contributed by atoms with E-state index < -0.39 is 29.7 Å². The second-order valence-corrected chi connectivity index (χ2v) is 17.1. The number of halogens is 1. The van der Waals surface area contributed by atoms with E-state index in [1.165, 1.54) is 0 Å². The first-order valence-corrected chi connectivity index (χ1v) is 20.0. The van der Waals surface area contributed by atoms with Gasteiger partial charge in [0.1, 0.15) is 29.7 Å². The third kappa shape index (κ3) is 7.87. The zero-order valence-corrected chi connectivity index (χ0v) is 33.4. The van der Waals surface area contributed by atoms with Crippen LogP contribution in [0.4, 0.5) is 0 Å². The Morgan fingerprint density at radius 1 is 0.965 bits per heavy atom. The first kappa shape index (κ1) is 40.0. The number of imide groups is 2. The number of hydrogen-bond donors (Lipinski definition) is 2. The third-order valence-corrected chi connectivity index (χ3v) is 12.3. The summed E-state index contributed by atoms with van der Waals surface area (Å²) >= 11 is 6.24. The molecule has 1 aliphatic carbocycles. The molecule has 0 radical (unpaired) electrons. The van der Waals surface area contributed by atoms with Crippen molar-refractivity contribution in [1.29, 1.82) is 5.26 Å². The number of likely N-dealkylation sites (tertiary alicyclic amines) is 1. The highest BCUT2D eigenvalue weighted by molar-refractivity contribution is 6.31. The summed E-state index contributed by atoms with van der Waals surface area (Å²) in [6, 6.07) is 11.0. The minimum absolute atomic E-state index is 0.0726. The predicted octanol–water partition coefficient (Wildman–Crippen LogP) is 5.31. The average Bonchev–Trinajstić information content (AvgIpc) is 3.77. The van der Waals surface area contributed by atoms with Gasteiger partial charge in [0.05, 0.1) is 46.1 Å². The van der Waals surface area contributed by atoms with Gasteiger partial charge in [0.2, 0.25) is 11.8 Å². The third-order valence-electron chi connectivity index (χ3n) is 12.0. The van der Waals surface area contributed by atoms with Crippen molar-refractivity contribution >= 4 is 41.1 Å². The summed E-state index contributed by atoms with van der Waals surface area (Å²) in [5.74, 6) is -1.22. The molecule has 7 rings (SSSR count). The van der Waals surface area contributed by atoms with Crippen molar-refractivity contribution in [2.24, 2.45) is 10.8 Å². The first-order valence-electron chi connectivity index (χ1n) is 19.6. The van der Waals surface area contributed by atoms with Gasteiger partial charge >= 0.3 is 0 Å². The highest BCUT2D eigenvalue weighted by Crippen LogP contribution is 2.55. The van der Waals surface area contributed by atoms with Crippen LogP contribution >= 0.6 is 11.6 Å². The van der Waals surface area contributed by atoms with E-state index in [0.717, 1.165) is 56.6 Å². The lowest BCUT2D eigenvalue weighted by Gasteiger charge is -2.63. The number of nitrogens with zero attached hydrogens (tertiary/aromatic N) is 5. The van der Waals surface area contributed by atoms with Gasteiger partial charge in [-0.05, 0) is 75.4 Å². The molecular formula is C42H48ClN7O7. The number of nitriles is 1. The molecule has 5 amide bonds. The van der Waals surface area contributed by atoms with Crippen molar-refractivity contribution < 1.29 is 33.4 Å². The van der Waals surface area contributed by atoms with Crippen LogP contribution in [0.2, 0.25) is 5.02 Å². The van der Waals surface area contributed by atoms with Crippen LogP contribution in [0.1, 0.15) is 115 Å². The Labute approximate surface area is 336 Å². The zero-order valence-electron chi connectivity index (χ0n) is 32.7. The fourth-order valence-corrected chi connectivity index (χ4v) is 9.43. The lowest BCUT2D eigenvalue weighted by atomic mass is 9.49. The van der Waals surface area contributed by atoms with Gasteiger partial charge in [0, 0.05) is 48.6 Å². The Bertz CT molecular complexity index is 2120. The van der Waals surface area contributed by atoms with Crippen LogP contribution in [0.15, 0.2) is 48.8 Å². The van der Waals surface area contributed by atoms with Crippen molar-refractivity contribution in [3.05, 3.63) is 76.1 Å². The predicted molar refractivity (Wildman–Crippen MR) is 209 cm³/mol. The maximum Gasteiger partial charge on any atom is 0.262 e. The molecule has 1 aromatic heterocycles. The number of carbonyl (C=O) groups is 5. The Balaban J connectivity index is 0.811. The first-order chi connectivity index (χ1) is 27.2. The SMILES string of the molecule is CC1(C)[C@H](NC(=O)c2cnn(C3CCN(CCCCCOc4ccc5c(c4)C(=O)N(C4CCC(=O)NC4=O)C5=O)CC3)c2)C(C)(C)[C@H]1Oc1ccc(C#N)c(Cl)c1. The van der Waals surface area contributed by atoms with E-state index in [1.807, 2.05) is 10.9 Å². The number of ether oxygens (including phenoxy) is 2. The summed E-state index contributed by atoms with van der Waals surface area (Å²) < 4.78 is 14.2. The molecule has 4 heterocycles. The fourth-order valence-electron chi connectivity index (χ4n) is 9.22. The number of piperidine rings is 2. The van der Waals surface area contributed by atoms with Gasteiger partial charge in [0.15, 0.2) is 0 Å². The molecule has 4 aliphatic rings. The van der Waals surface area contributed by atoms with Gasteiger partial charge in [-0.3, -0.25) is 38.9 Å². The van der Waals surface area contributed by atoms with Crippen LogP contribution in [0.5, 0.6) is 11.5 Å². The Kier molecular flexibility index (Phi) is 11.2. The summed E-state index contributed by atoms with van der Waals surface area (Å²) in [4.78, 5) is 66.7. The Morgan fingerprint density at radius 3 is 2.39 bits per heavy atom. The van der Waals surface area contributed by atoms with Crippen LogP contribution < -0.4 is 20.1 Å². The molecule has 1 unspecified atom stereocenters. The van der Waals surface area contributed by atoms with Crippen molar-refractivity contribution in [1.82, 2.24) is 30.2 Å². The molecule has 2 saturated heterocycles. The van der Waals surface area contributed by atoms with Gasteiger partial charge in [-0.2, -0.15) is 10.4 Å². The van der Waals surface area contributed by atoms with Crippen molar-refractivity contribution in [3.8, 4) is 17.6 Å². The number of amides is 5. The maximum atomic E-state index is 13.5. The van der Waals surface area contributed by atoms with E-state index in [4.69, 9.17) is 21.1 Å². The average molecular weight is 798 g/mol. The Hall–Kier alpha value is -5.26. The monoisotopic (exact) mass is 797 g/mol. The van der Waals surface area contributed by atoms with Gasteiger partial charge in [-0.25, -0.2) is 0 Å². The number of rotatable bonds is 13. The number of fused-ring (bicyclic) bond motifs is 1. The van der Waals surface area contributed by atoms with Crippen LogP contribution in [0.25, 0.3) is 0 Å². The fraction of sp³-hybridized carbons (Fsp3) is 0.500. The second kappa shape index (κ2) is 15.9. The van der Waals surface area contributed by atoms with Crippen LogP contribution in [0, 0.1) is 22.2 Å². The topological polar surface area (TPSA) is 176 Å². The number of nitrogens with one attached hydrogen (secondary N) is 2. The summed E-state index contributed by atoms with van der Waals surface area (Å²) in [6.45, 7) is 11.6. The van der Waals surface area contributed by atoms with Gasteiger partial charge in [-0.1, -0.05) is 39.3 Å². The molecule has 0 spiro atoms. The van der Waals surface area contributed by atoms with E-state index in [9.17, 15) is 29.2 Å². The van der Waals surface area contributed by atoms with E-state index in [0.29, 0.717) is 34.3 Å². The molecule has 3 aromatic rings. The van der Waals surface area contributed by atoms with Crippen molar-refractivity contribution in [2.75, 3.05) is 26.2 Å². The second-order valence-electron chi connectivity index (χ2n) is 16.6. The molecule has 1 atom stereocenters. The molecule has 3 fully saturated rings. The quantitative estimate of drug-likeness (QED) is 0.170. The molecule has 1 saturated carbocycles. The molecule has 2 N–H and O–H groups in total. The van der Waals surface area contributed by atoms with Gasteiger partial charge in [-0.15, -0.1) is 0 Å². The molecule has 14 nitrogen and oxygen atoms in total. The number of hydrogen-bond acceptors (Lipinski definition) is 10. The largest absolute Gasteiger partial charge is 0.494 e. The van der Waals surface area contributed by atoms with Crippen molar-refractivity contribution in [3.63, 3.8) is 0 Å². The van der Waals surface area contributed by atoms with Gasteiger partial charge in [0.25, 0.3) is 17.7 Å². The van der Waals surface area contributed by atoms with Crippen LogP contribution in [-0.2, 0) is 9.59 Å². The highest BCUT2D eigenvalue weighted by Gasteiger charge is 2.64. The summed E-state index contributed by atoms with van der Waals surface area (Å²) in [5.41, 5.74) is 0.619. The van der Waals surface area contributed by atoms with E-state index >= 15 is 0 Å². The van der Waals surface area contributed by atoms with Crippen LogP contribution in [-0.4, -0.2) is 93.5 Å². The molecule has 0 bridgehead atoms. The smallest absolute Gasteiger partial charge is 0.262 e. The van der Waals surface area contributed by atoms with Crippen molar-refractivity contribution in [2.45, 2.75) is 96.9 Å². The Morgan fingerprint density at radius 2 is 1.68 bits per heavy atom. The summed E-state index contributed by atoms with van der Waals surface area (Å²) in [7, 11) is 0. The summed E-state index contributed by atoms with van der Waals surface area (Å²) in [6.07, 6.45) is 8.17. The summed E-state index contributed by atoms with van der Waals surface area (Å²) in [5, 5.41) is 19.6. The molecule has 300 valence electrons. The minimum atomic E-state index is -0.999. The molecule has 2 aromatic carbocycles. The van der Waals surface area contributed by atoms with E-state index in [2.05, 4.69) is 54.4 Å². The zero-order chi connectivity index (χ0) is 40.6. The number of unbranched alkanes of at least 4 members (excludes halogenated alkanes) is 2. The molecular weight excluding hydrogens is 750 g/mol. The van der Waals surface area contributed by atoms with Crippen LogP contribution in [0.3, 0.4) is 0 Å². The van der Waals surface area contributed by atoms with E-state index in [1.54, 1.807) is 42.6 Å². The molecule has 15 heteroatoms. The maximum absolute atomic E-state index is 13.5. The highest BCUT2D eigenvalue weighted by atomic mass is 35.5. The minimum Gasteiger partial charge on any atom is -0.494 e. The van der Waals surface area contributed by atoms with Gasteiger partial charge < -0.3 is 19.7 Å². The molecule has 57 heavy (non-hydrogen) atoms. The lowest BCUT2D eigenvalue weighted by Crippen LogP contribution is -2.74. The van der Waals surface area contributed by atoms with E-state index in [-0.39, 0.29) is 58.9 Å². The lowest BCUT2D eigenvalue weighted by molar-refractivity contribution is -0.164. The molecule has 3 aliphatic heterocycles.